The number of ether oxygens (including phenoxy) is 1. The van der Waals surface area contributed by atoms with Gasteiger partial charge in [-0.15, -0.1) is 0 Å². The molecule has 0 saturated carbocycles. The molecule has 2 heterocycles. The van der Waals surface area contributed by atoms with E-state index in [2.05, 4.69) is 10.3 Å². The van der Waals surface area contributed by atoms with Gasteiger partial charge in [0.25, 0.3) is 0 Å². The summed E-state index contributed by atoms with van der Waals surface area (Å²) in [6, 6.07) is 11.0. The lowest BCUT2D eigenvalue weighted by Gasteiger charge is -2.20. The lowest BCUT2D eigenvalue weighted by Crippen LogP contribution is -2.28. The standard InChI is InChI=1S/C18H19N3O3/c1-12-6-7-15(24-2)14(9-12)21-11-13(10-17(21)22)18(23)20-16-5-3-4-8-19-16/h3-9,13H,10-11H2,1-2H3,(H,19,20,23)/t13-/m0/s1. The highest BCUT2D eigenvalue weighted by atomic mass is 16.5. The maximum atomic E-state index is 12.4. The van der Waals surface area contributed by atoms with Gasteiger partial charge in [-0.3, -0.25) is 9.59 Å². The predicted octanol–water partition coefficient (Wildman–Crippen LogP) is 2.39. The molecule has 0 radical (unpaired) electrons. The van der Waals surface area contributed by atoms with E-state index < -0.39 is 5.92 Å². The zero-order valence-corrected chi connectivity index (χ0v) is 13.7. The van der Waals surface area contributed by atoms with E-state index >= 15 is 0 Å². The van der Waals surface area contributed by atoms with Gasteiger partial charge in [-0.05, 0) is 36.8 Å². The Balaban J connectivity index is 1.76. The summed E-state index contributed by atoms with van der Waals surface area (Å²) in [5, 5.41) is 2.76. The Morgan fingerprint density at radius 3 is 2.88 bits per heavy atom. The largest absolute Gasteiger partial charge is 0.495 e. The quantitative estimate of drug-likeness (QED) is 0.937. The predicted molar refractivity (Wildman–Crippen MR) is 91.1 cm³/mol. The molecule has 2 amide bonds. The maximum Gasteiger partial charge on any atom is 0.230 e. The molecule has 0 unspecified atom stereocenters. The van der Waals surface area contributed by atoms with Gasteiger partial charge in [0.15, 0.2) is 0 Å². The zero-order valence-electron chi connectivity index (χ0n) is 13.7. The maximum absolute atomic E-state index is 12.4. The van der Waals surface area contributed by atoms with Crippen LogP contribution in [-0.2, 0) is 9.59 Å². The Morgan fingerprint density at radius 1 is 1.33 bits per heavy atom. The smallest absolute Gasteiger partial charge is 0.230 e. The molecular formula is C18H19N3O3. The molecule has 1 aliphatic rings. The number of hydrogen-bond donors (Lipinski definition) is 1. The van der Waals surface area contributed by atoms with Gasteiger partial charge in [0, 0.05) is 19.2 Å². The molecule has 2 aromatic rings. The van der Waals surface area contributed by atoms with E-state index in [-0.39, 0.29) is 18.2 Å². The minimum Gasteiger partial charge on any atom is -0.495 e. The molecule has 3 rings (SSSR count). The second-order valence-corrected chi connectivity index (χ2v) is 5.78. The van der Waals surface area contributed by atoms with E-state index in [1.165, 1.54) is 0 Å². The van der Waals surface area contributed by atoms with Crippen LogP contribution in [0.2, 0.25) is 0 Å². The number of aryl methyl sites for hydroxylation is 1. The summed E-state index contributed by atoms with van der Waals surface area (Å²) in [6.45, 7) is 2.28. The van der Waals surface area contributed by atoms with Crippen LogP contribution in [0.3, 0.4) is 0 Å². The van der Waals surface area contributed by atoms with E-state index in [0.717, 1.165) is 5.56 Å². The average molecular weight is 325 g/mol. The van der Waals surface area contributed by atoms with Crippen molar-refractivity contribution in [3.05, 3.63) is 48.2 Å². The van der Waals surface area contributed by atoms with E-state index in [1.807, 2.05) is 25.1 Å². The van der Waals surface area contributed by atoms with E-state index in [9.17, 15) is 9.59 Å². The Bertz CT molecular complexity index is 761. The third-order valence-corrected chi connectivity index (χ3v) is 4.04. The first-order valence-corrected chi connectivity index (χ1v) is 7.75. The van der Waals surface area contributed by atoms with Crippen LogP contribution >= 0.6 is 0 Å². The second kappa shape index (κ2) is 6.70. The lowest BCUT2D eigenvalue weighted by molar-refractivity contribution is -0.122. The first-order chi connectivity index (χ1) is 11.6. The van der Waals surface area contributed by atoms with Gasteiger partial charge in [-0.2, -0.15) is 0 Å². The minimum absolute atomic E-state index is 0.0833. The molecule has 24 heavy (non-hydrogen) atoms. The molecule has 1 atom stereocenters. The number of aromatic nitrogens is 1. The van der Waals surface area contributed by atoms with Crippen molar-refractivity contribution in [3.63, 3.8) is 0 Å². The average Bonchev–Trinajstić information content (AvgIpc) is 2.97. The van der Waals surface area contributed by atoms with Crippen LogP contribution in [0.15, 0.2) is 42.6 Å². The van der Waals surface area contributed by atoms with Crippen molar-refractivity contribution in [1.29, 1.82) is 0 Å². The van der Waals surface area contributed by atoms with Crippen molar-refractivity contribution in [2.45, 2.75) is 13.3 Å². The minimum atomic E-state index is -0.412. The summed E-state index contributed by atoms with van der Waals surface area (Å²) < 4.78 is 5.35. The van der Waals surface area contributed by atoms with Gasteiger partial charge in [-0.1, -0.05) is 12.1 Å². The molecule has 124 valence electrons. The second-order valence-electron chi connectivity index (χ2n) is 5.78. The summed E-state index contributed by atoms with van der Waals surface area (Å²) in [6.07, 6.45) is 1.79. The van der Waals surface area contributed by atoms with Crippen molar-refractivity contribution >= 4 is 23.3 Å². The van der Waals surface area contributed by atoms with Crippen LogP contribution in [0.5, 0.6) is 5.75 Å². The molecular weight excluding hydrogens is 306 g/mol. The van der Waals surface area contributed by atoms with Gasteiger partial charge in [0.2, 0.25) is 11.8 Å². The molecule has 6 nitrogen and oxygen atoms in total. The number of nitrogens with zero attached hydrogens (tertiary/aromatic N) is 2. The van der Waals surface area contributed by atoms with E-state index in [4.69, 9.17) is 4.74 Å². The Hall–Kier alpha value is -2.89. The lowest BCUT2D eigenvalue weighted by atomic mass is 10.1. The first-order valence-electron chi connectivity index (χ1n) is 7.75. The molecule has 0 spiro atoms. The topological polar surface area (TPSA) is 71.5 Å². The summed E-state index contributed by atoms with van der Waals surface area (Å²) >= 11 is 0. The van der Waals surface area contributed by atoms with Crippen molar-refractivity contribution in [1.82, 2.24) is 4.98 Å². The Kier molecular flexibility index (Phi) is 4.46. The van der Waals surface area contributed by atoms with Crippen LogP contribution in [-0.4, -0.2) is 30.5 Å². The van der Waals surface area contributed by atoms with Crippen LogP contribution in [0, 0.1) is 12.8 Å². The molecule has 1 N–H and O–H groups in total. The van der Waals surface area contributed by atoms with Gasteiger partial charge in [0.1, 0.15) is 11.6 Å². The number of carbonyl (C=O) groups excluding carboxylic acids is 2. The monoisotopic (exact) mass is 325 g/mol. The molecule has 1 aliphatic heterocycles. The SMILES string of the molecule is COc1ccc(C)cc1N1C[C@@H](C(=O)Nc2ccccn2)CC1=O. The van der Waals surface area contributed by atoms with E-state index in [0.29, 0.717) is 23.8 Å². The van der Waals surface area contributed by atoms with Crippen molar-refractivity contribution in [2.75, 3.05) is 23.9 Å². The van der Waals surface area contributed by atoms with Gasteiger partial charge in [-0.25, -0.2) is 4.98 Å². The highest BCUT2D eigenvalue weighted by molar-refractivity contribution is 6.04. The highest BCUT2D eigenvalue weighted by Crippen LogP contribution is 2.34. The number of benzene rings is 1. The third kappa shape index (κ3) is 3.22. The summed E-state index contributed by atoms with van der Waals surface area (Å²) in [4.78, 5) is 30.5. The van der Waals surface area contributed by atoms with Crippen molar-refractivity contribution in [3.8, 4) is 5.75 Å². The summed E-state index contributed by atoms with van der Waals surface area (Å²) in [5.74, 6) is 0.419. The molecule has 1 fully saturated rings. The number of pyridine rings is 1. The fraction of sp³-hybridized carbons (Fsp3) is 0.278. The fourth-order valence-electron chi connectivity index (χ4n) is 2.79. The van der Waals surface area contributed by atoms with Crippen molar-refractivity contribution in [2.24, 2.45) is 5.92 Å². The fourth-order valence-corrected chi connectivity index (χ4v) is 2.79. The van der Waals surface area contributed by atoms with Gasteiger partial charge in [0.05, 0.1) is 18.7 Å². The molecule has 6 heteroatoms. The number of rotatable bonds is 4. The normalized spacial score (nSPS) is 17.0. The molecule has 1 aromatic carbocycles. The van der Waals surface area contributed by atoms with E-state index in [1.54, 1.807) is 36.4 Å². The van der Waals surface area contributed by atoms with Crippen LogP contribution < -0.4 is 15.0 Å². The number of methoxy groups -OCH3 is 1. The van der Waals surface area contributed by atoms with Gasteiger partial charge >= 0.3 is 0 Å². The van der Waals surface area contributed by atoms with Gasteiger partial charge < -0.3 is 15.0 Å². The summed E-state index contributed by atoms with van der Waals surface area (Å²) in [7, 11) is 1.57. The number of carbonyl (C=O) groups is 2. The molecule has 1 aromatic heterocycles. The Labute approximate surface area is 140 Å². The number of anilines is 2. The zero-order chi connectivity index (χ0) is 17.1. The third-order valence-electron chi connectivity index (χ3n) is 4.04. The summed E-state index contributed by atoms with van der Waals surface area (Å²) in [5.41, 5.74) is 1.73. The molecule has 1 saturated heterocycles. The van der Waals surface area contributed by atoms with Crippen LogP contribution in [0.4, 0.5) is 11.5 Å². The van der Waals surface area contributed by atoms with Crippen molar-refractivity contribution < 1.29 is 14.3 Å². The number of amides is 2. The molecule has 0 aliphatic carbocycles. The number of nitrogens with one attached hydrogen (secondary N) is 1. The molecule has 0 bridgehead atoms. The Morgan fingerprint density at radius 2 is 2.17 bits per heavy atom. The van der Waals surface area contributed by atoms with Crippen LogP contribution in [0.25, 0.3) is 0 Å². The first kappa shape index (κ1) is 16.0. The number of hydrogen-bond acceptors (Lipinski definition) is 4. The van der Waals surface area contributed by atoms with Crippen LogP contribution in [0.1, 0.15) is 12.0 Å². The highest BCUT2D eigenvalue weighted by Gasteiger charge is 2.36.